The van der Waals surface area contributed by atoms with Gasteiger partial charge in [-0.3, -0.25) is 0 Å². The van der Waals surface area contributed by atoms with E-state index in [2.05, 4.69) is 9.80 Å². The largest absolute Gasteiger partial charge is 0.497 e. The number of piperazine rings is 2. The Hall–Kier alpha value is -4.08. The molecule has 0 saturated carbocycles. The average molecular weight is 1030 g/mol. The van der Waals surface area contributed by atoms with Gasteiger partial charge in [0.1, 0.15) is 23.0 Å². The maximum atomic E-state index is 13.0. The summed E-state index contributed by atoms with van der Waals surface area (Å²) in [6.07, 6.45) is 0. The van der Waals surface area contributed by atoms with Gasteiger partial charge in [0.15, 0.2) is 10.3 Å². The Morgan fingerprint density at radius 3 is 1.36 bits per heavy atom. The molecule has 64 heavy (non-hydrogen) atoms. The standard InChI is InChI=1S/2C21H21Cl2N3O4S2/c1-29-14-3-6-20(30-2)16(11-14)19-13-31-21(24-19)25-7-9-26(10-8-25)32(27,28)15-4-5-17(22)18(23)12-15;1-29-14-3-5-16(20(11-14)30-2)19-13-31-21(24-19)25-7-9-26(10-8-25)32(27,28)15-4-6-17(22)18(23)12-15/h2*3-6,11-13H,7-10H2,1-2H3. The van der Waals surface area contributed by atoms with Crippen LogP contribution in [0.5, 0.6) is 23.0 Å². The number of thiazole rings is 2. The van der Waals surface area contributed by atoms with Gasteiger partial charge in [0.25, 0.3) is 0 Å². The van der Waals surface area contributed by atoms with E-state index in [-0.39, 0.29) is 19.8 Å². The van der Waals surface area contributed by atoms with Crippen LogP contribution in [0.15, 0.2) is 93.3 Å². The van der Waals surface area contributed by atoms with Gasteiger partial charge in [0.05, 0.1) is 69.7 Å². The summed E-state index contributed by atoms with van der Waals surface area (Å²) < 4.78 is 76.4. The number of benzene rings is 4. The van der Waals surface area contributed by atoms with Crippen LogP contribution in [0.2, 0.25) is 20.1 Å². The summed E-state index contributed by atoms with van der Waals surface area (Å²) in [5, 5.41) is 6.68. The molecule has 6 aromatic rings. The number of ether oxygens (including phenoxy) is 4. The Morgan fingerprint density at radius 2 is 0.922 bits per heavy atom. The maximum absolute atomic E-state index is 13.0. The third kappa shape index (κ3) is 10.5. The van der Waals surface area contributed by atoms with Crippen molar-refractivity contribution in [3.05, 3.63) is 104 Å². The number of rotatable bonds is 12. The van der Waals surface area contributed by atoms with Crippen molar-refractivity contribution in [2.24, 2.45) is 0 Å². The third-order valence-corrected chi connectivity index (χ3v) is 17.5. The fourth-order valence-electron chi connectivity index (χ4n) is 6.90. The molecule has 2 fully saturated rings. The van der Waals surface area contributed by atoms with Crippen molar-refractivity contribution in [2.75, 3.05) is 90.6 Å². The molecule has 2 saturated heterocycles. The van der Waals surface area contributed by atoms with Crippen LogP contribution in [-0.2, 0) is 20.0 Å². The molecule has 2 aromatic heterocycles. The Morgan fingerprint density at radius 1 is 0.484 bits per heavy atom. The summed E-state index contributed by atoms with van der Waals surface area (Å²) in [6.45, 7) is 3.53. The molecule has 2 aliphatic heterocycles. The number of nitrogens with zero attached hydrogens (tertiary/aromatic N) is 6. The van der Waals surface area contributed by atoms with Crippen molar-refractivity contribution in [3.8, 4) is 45.5 Å². The fourth-order valence-corrected chi connectivity index (χ4v) is 12.3. The lowest BCUT2D eigenvalue weighted by Crippen LogP contribution is -2.48. The van der Waals surface area contributed by atoms with E-state index in [0.29, 0.717) is 79.7 Å². The highest BCUT2D eigenvalue weighted by Gasteiger charge is 2.32. The molecule has 8 rings (SSSR count). The number of hydrogen-bond acceptors (Lipinski definition) is 14. The van der Waals surface area contributed by atoms with Crippen LogP contribution in [0.25, 0.3) is 22.5 Å². The smallest absolute Gasteiger partial charge is 0.243 e. The van der Waals surface area contributed by atoms with E-state index in [1.54, 1.807) is 28.4 Å². The zero-order valence-corrected chi connectivity index (χ0v) is 41.1. The molecule has 340 valence electrons. The summed E-state index contributed by atoms with van der Waals surface area (Å²) in [5.74, 6) is 2.82. The first-order chi connectivity index (χ1) is 30.7. The second-order valence-corrected chi connectivity index (χ2v) is 21.3. The van der Waals surface area contributed by atoms with Gasteiger partial charge < -0.3 is 28.7 Å². The van der Waals surface area contributed by atoms with Crippen molar-refractivity contribution in [1.82, 2.24) is 18.6 Å². The van der Waals surface area contributed by atoms with E-state index in [4.69, 9.17) is 75.3 Å². The van der Waals surface area contributed by atoms with Crippen LogP contribution in [0.1, 0.15) is 0 Å². The van der Waals surface area contributed by atoms with Crippen molar-refractivity contribution in [3.63, 3.8) is 0 Å². The number of halogens is 4. The van der Waals surface area contributed by atoms with Crippen LogP contribution < -0.4 is 28.7 Å². The molecule has 0 bridgehead atoms. The van der Waals surface area contributed by atoms with Gasteiger partial charge in [-0.1, -0.05) is 46.4 Å². The lowest BCUT2D eigenvalue weighted by molar-refractivity contribution is 0.384. The molecule has 0 N–H and O–H groups in total. The number of aromatic nitrogens is 2. The highest BCUT2D eigenvalue weighted by Crippen LogP contribution is 2.38. The Balaban J connectivity index is 0.000000191. The molecule has 22 heteroatoms. The van der Waals surface area contributed by atoms with E-state index >= 15 is 0 Å². The van der Waals surface area contributed by atoms with Gasteiger partial charge in [0, 0.05) is 80.3 Å². The fraction of sp³-hybridized carbons (Fsp3) is 0.286. The summed E-state index contributed by atoms with van der Waals surface area (Å²) in [6, 6.07) is 19.9. The second-order valence-electron chi connectivity index (χ2n) is 14.1. The van der Waals surface area contributed by atoms with Crippen LogP contribution >= 0.6 is 69.1 Å². The van der Waals surface area contributed by atoms with Gasteiger partial charge >= 0.3 is 0 Å². The quantitative estimate of drug-likeness (QED) is 0.115. The molecule has 0 spiro atoms. The van der Waals surface area contributed by atoms with Crippen LogP contribution in [-0.4, -0.2) is 116 Å². The molecule has 0 amide bonds. The minimum absolute atomic E-state index is 0.141. The molecule has 4 aromatic carbocycles. The minimum Gasteiger partial charge on any atom is -0.497 e. The zero-order valence-electron chi connectivity index (χ0n) is 34.8. The first-order valence-electron chi connectivity index (χ1n) is 19.4. The molecular weight excluding hydrogens is 987 g/mol. The molecule has 0 aliphatic carbocycles. The van der Waals surface area contributed by atoms with Crippen LogP contribution in [0, 0.1) is 0 Å². The average Bonchev–Trinajstić information content (AvgIpc) is 4.02. The number of hydrogen-bond donors (Lipinski definition) is 0. The third-order valence-electron chi connectivity index (χ3n) is 10.4. The van der Waals surface area contributed by atoms with Crippen molar-refractivity contribution < 1.29 is 35.8 Å². The number of methoxy groups -OCH3 is 4. The number of sulfonamides is 2. The molecule has 2 aliphatic rings. The predicted molar refractivity (Wildman–Crippen MR) is 256 cm³/mol. The van der Waals surface area contributed by atoms with Gasteiger partial charge in [-0.05, 0) is 66.7 Å². The van der Waals surface area contributed by atoms with E-state index in [9.17, 15) is 16.8 Å². The van der Waals surface area contributed by atoms with E-state index in [0.717, 1.165) is 38.5 Å². The lowest BCUT2D eigenvalue weighted by Gasteiger charge is -2.33. The van der Waals surface area contributed by atoms with Gasteiger partial charge in [-0.15, -0.1) is 22.7 Å². The SMILES string of the molecule is COc1ccc(-c2csc(N3CCN(S(=O)(=O)c4ccc(Cl)c(Cl)c4)CC3)n2)c(OC)c1.COc1ccc(OC)c(-c2csc(N3CCN(S(=O)(=O)c4ccc(Cl)c(Cl)c4)CC3)n2)c1. The Labute approximate surface area is 400 Å². The lowest BCUT2D eigenvalue weighted by atomic mass is 10.1. The molecule has 0 atom stereocenters. The normalized spacial score (nSPS) is 15.1. The first kappa shape index (κ1) is 47.9. The van der Waals surface area contributed by atoms with Crippen LogP contribution in [0.4, 0.5) is 10.3 Å². The molecule has 0 unspecified atom stereocenters. The number of anilines is 2. The molecular formula is C42H42Cl4N6O8S4. The monoisotopic (exact) mass is 1030 g/mol. The van der Waals surface area contributed by atoms with Crippen molar-refractivity contribution >= 4 is 99.4 Å². The van der Waals surface area contributed by atoms with Crippen molar-refractivity contribution in [1.29, 1.82) is 0 Å². The highest BCUT2D eigenvalue weighted by atomic mass is 35.5. The molecule has 14 nitrogen and oxygen atoms in total. The highest BCUT2D eigenvalue weighted by molar-refractivity contribution is 7.89. The van der Waals surface area contributed by atoms with Crippen molar-refractivity contribution in [2.45, 2.75) is 9.79 Å². The van der Waals surface area contributed by atoms with Gasteiger partial charge in [-0.2, -0.15) is 8.61 Å². The first-order valence-corrected chi connectivity index (χ1v) is 25.6. The van der Waals surface area contributed by atoms with Gasteiger partial charge in [0.2, 0.25) is 20.0 Å². The predicted octanol–water partition coefficient (Wildman–Crippen LogP) is 9.29. The van der Waals surface area contributed by atoms with Crippen LogP contribution in [0.3, 0.4) is 0 Å². The van der Waals surface area contributed by atoms with E-state index in [1.807, 2.05) is 47.2 Å². The Kier molecular flexibility index (Phi) is 15.4. The summed E-state index contributed by atoms with van der Waals surface area (Å²) in [7, 11) is -0.837. The summed E-state index contributed by atoms with van der Waals surface area (Å²) in [5.41, 5.74) is 3.30. The summed E-state index contributed by atoms with van der Waals surface area (Å²) >= 11 is 26.9. The zero-order chi connectivity index (χ0) is 45.8. The minimum atomic E-state index is -3.65. The Bertz CT molecular complexity index is 2830. The second kappa shape index (κ2) is 20.6. The van der Waals surface area contributed by atoms with Gasteiger partial charge in [-0.25, -0.2) is 26.8 Å². The summed E-state index contributed by atoms with van der Waals surface area (Å²) in [4.78, 5) is 14.0. The molecule has 4 heterocycles. The molecule has 0 radical (unpaired) electrons. The topological polar surface area (TPSA) is 144 Å². The van der Waals surface area contributed by atoms with E-state index in [1.165, 1.54) is 67.7 Å². The maximum Gasteiger partial charge on any atom is 0.243 e. The van der Waals surface area contributed by atoms with E-state index < -0.39 is 20.0 Å².